The van der Waals surface area contributed by atoms with Gasteiger partial charge in [-0.15, -0.1) is 0 Å². The monoisotopic (exact) mass is 389 g/mol. The van der Waals surface area contributed by atoms with Gasteiger partial charge in [0.15, 0.2) is 5.82 Å². The molecule has 2 aromatic carbocycles. The van der Waals surface area contributed by atoms with Crippen LogP contribution in [0, 0.1) is 0 Å². The van der Waals surface area contributed by atoms with Crippen molar-refractivity contribution in [1.82, 2.24) is 25.1 Å². The molecule has 4 aromatic rings. The number of piperazine rings is 1. The molecule has 1 aliphatic rings. The molecule has 0 aliphatic carbocycles. The Morgan fingerprint density at radius 3 is 2.69 bits per heavy atom. The van der Waals surface area contributed by atoms with Gasteiger partial charge in [0.1, 0.15) is 5.69 Å². The van der Waals surface area contributed by atoms with Crippen LogP contribution in [-0.2, 0) is 4.79 Å². The number of H-pyrrole nitrogens is 2. The Balaban J connectivity index is 1.51. The average molecular weight is 389 g/mol. The standard InChI is InChI=1S/C21H23N7O/c1-13(29)22-14-3-5-17-16(11-14)20(26-25-17)21-23-18-6-4-15(12-19(18)24-21)28-9-7-27(2)8-10-28/h3-6,11-12H,7-10H2,1-2H3,(H,22,29)(H,23,24)(H,25,26). The lowest BCUT2D eigenvalue weighted by Crippen LogP contribution is -2.44. The summed E-state index contributed by atoms with van der Waals surface area (Å²) in [7, 11) is 2.16. The van der Waals surface area contributed by atoms with Crippen LogP contribution in [0.15, 0.2) is 36.4 Å². The summed E-state index contributed by atoms with van der Waals surface area (Å²) in [5, 5.41) is 11.2. The number of hydrogen-bond acceptors (Lipinski definition) is 5. The number of likely N-dealkylation sites (N-methyl/N-ethyl adjacent to an activating group) is 1. The summed E-state index contributed by atoms with van der Waals surface area (Å²) in [6, 6.07) is 12.0. The summed E-state index contributed by atoms with van der Waals surface area (Å²) in [5.74, 6) is 0.608. The number of anilines is 2. The Hall–Kier alpha value is -3.39. The zero-order chi connectivity index (χ0) is 20.0. The highest BCUT2D eigenvalue weighted by Gasteiger charge is 2.17. The predicted molar refractivity (Wildman–Crippen MR) is 115 cm³/mol. The Morgan fingerprint density at radius 2 is 1.90 bits per heavy atom. The average Bonchev–Trinajstić information content (AvgIpc) is 3.30. The minimum absolute atomic E-state index is 0.102. The van der Waals surface area contributed by atoms with E-state index in [0.29, 0.717) is 5.82 Å². The molecule has 148 valence electrons. The van der Waals surface area contributed by atoms with Gasteiger partial charge in [-0.25, -0.2) is 4.98 Å². The largest absolute Gasteiger partial charge is 0.369 e. The van der Waals surface area contributed by atoms with E-state index in [2.05, 4.69) is 55.5 Å². The molecular formula is C21H23N7O. The second-order valence-corrected chi connectivity index (χ2v) is 7.59. The quantitative estimate of drug-likeness (QED) is 0.501. The van der Waals surface area contributed by atoms with Gasteiger partial charge in [-0.05, 0) is 43.4 Å². The fourth-order valence-electron chi connectivity index (χ4n) is 3.85. The van der Waals surface area contributed by atoms with Crippen molar-refractivity contribution in [1.29, 1.82) is 0 Å². The van der Waals surface area contributed by atoms with Crippen LogP contribution >= 0.6 is 0 Å². The van der Waals surface area contributed by atoms with Gasteiger partial charge in [0.2, 0.25) is 5.91 Å². The van der Waals surface area contributed by atoms with Crippen molar-refractivity contribution < 1.29 is 4.79 Å². The van der Waals surface area contributed by atoms with Crippen LogP contribution in [0.25, 0.3) is 33.5 Å². The molecule has 3 heterocycles. The Kier molecular flexibility index (Phi) is 4.21. The third-order valence-corrected chi connectivity index (χ3v) is 5.44. The lowest BCUT2D eigenvalue weighted by Gasteiger charge is -2.34. The van der Waals surface area contributed by atoms with E-state index in [4.69, 9.17) is 4.98 Å². The normalized spacial score (nSPS) is 15.3. The molecule has 1 amide bonds. The van der Waals surface area contributed by atoms with Gasteiger partial charge in [0.05, 0.1) is 16.6 Å². The highest BCUT2D eigenvalue weighted by molar-refractivity contribution is 5.98. The van der Waals surface area contributed by atoms with E-state index in [-0.39, 0.29) is 5.91 Å². The number of fused-ring (bicyclic) bond motifs is 2. The Morgan fingerprint density at radius 1 is 1.07 bits per heavy atom. The molecule has 0 radical (unpaired) electrons. The van der Waals surface area contributed by atoms with Crippen molar-refractivity contribution in [2.24, 2.45) is 0 Å². The third-order valence-electron chi connectivity index (χ3n) is 5.44. The van der Waals surface area contributed by atoms with Crippen molar-refractivity contribution in [3.63, 3.8) is 0 Å². The number of carbonyl (C=O) groups excluding carboxylic acids is 1. The first kappa shape index (κ1) is 17.7. The van der Waals surface area contributed by atoms with Gasteiger partial charge >= 0.3 is 0 Å². The zero-order valence-corrected chi connectivity index (χ0v) is 16.5. The highest BCUT2D eigenvalue weighted by Crippen LogP contribution is 2.29. The molecule has 2 aromatic heterocycles. The number of aromatic amines is 2. The third kappa shape index (κ3) is 3.31. The predicted octanol–water partition coefficient (Wildman–Crippen LogP) is 2.82. The van der Waals surface area contributed by atoms with E-state index in [9.17, 15) is 4.79 Å². The maximum absolute atomic E-state index is 11.4. The fraction of sp³-hybridized carbons (Fsp3) is 0.286. The van der Waals surface area contributed by atoms with Crippen LogP contribution in [0.1, 0.15) is 6.92 Å². The first-order valence-corrected chi connectivity index (χ1v) is 9.76. The zero-order valence-electron chi connectivity index (χ0n) is 16.5. The maximum Gasteiger partial charge on any atom is 0.221 e. The summed E-state index contributed by atoms with van der Waals surface area (Å²) in [4.78, 5) is 24.3. The summed E-state index contributed by atoms with van der Waals surface area (Å²) in [6.45, 7) is 5.69. The number of carbonyl (C=O) groups is 1. The number of rotatable bonds is 3. The number of benzene rings is 2. The molecule has 5 rings (SSSR count). The summed E-state index contributed by atoms with van der Waals surface area (Å²) >= 11 is 0. The highest BCUT2D eigenvalue weighted by atomic mass is 16.1. The molecule has 3 N–H and O–H groups in total. The molecule has 0 spiro atoms. The number of amides is 1. The van der Waals surface area contributed by atoms with Gasteiger partial charge in [-0.3, -0.25) is 9.89 Å². The van der Waals surface area contributed by atoms with E-state index in [1.807, 2.05) is 18.2 Å². The van der Waals surface area contributed by atoms with Gasteiger partial charge < -0.3 is 20.1 Å². The molecule has 1 saturated heterocycles. The van der Waals surface area contributed by atoms with Crippen LogP contribution in [0.4, 0.5) is 11.4 Å². The molecule has 0 bridgehead atoms. The van der Waals surface area contributed by atoms with E-state index < -0.39 is 0 Å². The van der Waals surface area contributed by atoms with E-state index in [0.717, 1.165) is 59.5 Å². The minimum Gasteiger partial charge on any atom is -0.369 e. The summed E-state index contributed by atoms with van der Waals surface area (Å²) < 4.78 is 0. The molecular weight excluding hydrogens is 366 g/mol. The molecule has 1 fully saturated rings. The number of imidazole rings is 1. The van der Waals surface area contributed by atoms with Gasteiger partial charge in [-0.1, -0.05) is 0 Å². The van der Waals surface area contributed by atoms with Gasteiger partial charge in [0.25, 0.3) is 0 Å². The van der Waals surface area contributed by atoms with Crippen molar-refractivity contribution in [2.45, 2.75) is 6.92 Å². The second-order valence-electron chi connectivity index (χ2n) is 7.59. The molecule has 0 saturated carbocycles. The van der Waals surface area contributed by atoms with Crippen molar-refractivity contribution in [3.05, 3.63) is 36.4 Å². The number of hydrogen-bond donors (Lipinski definition) is 3. The maximum atomic E-state index is 11.4. The van der Waals surface area contributed by atoms with Crippen LogP contribution in [0.3, 0.4) is 0 Å². The molecule has 0 atom stereocenters. The number of nitrogens with zero attached hydrogens (tertiary/aromatic N) is 4. The molecule has 8 heteroatoms. The minimum atomic E-state index is -0.102. The Bertz CT molecular complexity index is 1200. The Labute approximate surface area is 167 Å². The van der Waals surface area contributed by atoms with Gasteiger partial charge in [0, 0.05) is 49.9 Å². The molecule has 29 heavy (non-hydrogen) atoms. The molecule has 0 unspecified atom stereocenters. The summed E-state index contributed by atoms with van der Waals surface area (Å²) in [5.41, 5.74) is 5.48. The first-order chi connectivity index (χ1) is 14.1. The SMILES string of the molecule is CC(=O)Nc1ccc2[nH]nc(-c3nc4ccc(N5CCN(C)CC5)cc4[nH]3)c2c1. The van der Waals surface area contributed by atoms with Crippen molar-refractivity contribution in [2.75, 3.05) is 43.4 Å². The first-order valence-electron chi connectivity index (χ1n) is 9.76. The molecule has 8 nitrogen and oxygen atoms in total. The van der Waals surface area contributed by atoms with Crippen LogP contribution in [0.2, 0.25) is 0 Å². The van der Waals surface area contributed by atoms with Crippen LogP contribution in [0.5, 0.6) is 0 Å². The smallest absolute Gasteiger partial charge is 0.221 e. The van der Waals surface area contributed by atoms with Crippen molar-refractivity contribution >= 4 is 39.2 Å². The fourth-order valence-corrected chi connectivity index (χ4v) is 3.85. The second kappa shape index (κ2) is 6.89. The number of aromatic nitrogens is 4. The lowest BCUT2D eigenvalue weighted by molar-refractivity contribution is -0.114. The van der Waals surface area contributed by atoms with Crippen LogP contribution < -0.4 is 10.2 Å². The molecule has 1 aliphatic heterocycles. The lowest BCUT2D eigenvalue weighted by atomic mass is 10.2. The van der Waals surface area contributed by atoms with E-state index in [1.165, 1.54) is 12.6 Å². The van der Waals surface area contributed by atoms with E-state index >= 15 is 0 Å². The summed E-state index contributed by atoms with van der Waals surface area (Å²) in [6.07, 6.45) is 0. The van der Waals surface area contributed by atoms with Crippen LogP contribution in [-0.4, -0.2) is 64.2 Å². The van der Waals surface area contributed by atoms with E-state index in [1.54, 1.807) is 0 Å². The topological polar surface area (TPSA) is 92.9 Å². The van der Waals surface area contributed by atoms with Crippen molar-refractivity contribution in [3.8, 4) is 11.5 Å². The van der Waals surface area contributed by atoms with Gasteiger partial charge in [-0.2, -0.15) is 5.10 Å². The number of nitrogens with one attached hydrogen (secondary N) is 3.